The van der Waals surface area contributed by atoms with Crippen molar-refractivity contribution in [2.45, 2.75) is 20.8 Å². The molecule has 0 aromatic carbocycles. The fraction of sp³-hybridized carbons (Fsp3) is 0.600. The summed E-state index contributed by atoms with van der Waals surface area (Å²) in [5.74, 6) is 0. The first-order valence-electron chi connectivity index (χ1n) is 4.53. The third-order valence-electron chi connectivity index (χ3n) is 2.51. The molecule has 0 fully saturated rings. The number of aliphatic hydroxyl groups excluding tert-OH is 1. The quantitative estimate of drug-likeness (QED) is 0.595. The molecule has 1 aliphatic heterocycles. The maximum atomic E-state index is 9.19. The molecular weight excluding hydrogens is 250 g/mol. The van der Waals surface area contributed by atoms with E-state index in [2.05, 4.69) is 13.1 Å². The minimum absolute atomic E-state index is 0. The number of nitrogens with zero attached hydrogens (tertiary/aromatic N) is 2. The molecule has 1 aliphatic rings. The predicted molar refractivity (Wildman–Crippen MR) is 52.4 cm³/mol. The van der Waals surface area contributed by atoms with E-state index in [4.69, 9.17) is 0 Å². The summed E-state index contributed by atoms with van der Waals surface area (Å²) >= 11 is 0. The summed E-state index contributed by atoms with van der Waals surface area (Å²) < 4.78 is 0. The molecule has 1 heterocycles. The third kappa shape index (κ3) is 2.92. The van der Waals surface area contributed by atoms with Crippen LogP contribution in [-0.2, 0) is 0 Å². The maximum Gasteiger partial charge on any atom is 1.00 e. The van der Waals surface area contributed by atoms with Gasteiger partial charge in [-0.3, -0.25) is 0 Å². The Labute approximate surface area is 135 Å². The minimum atomic E-state index is 0. The van der Waals surface area contributed by atoms with Gasteiger partial charge < -0.3 is 14.9 Å². The van der Waals surface area contributed by atoms with Gasteiger partial charge in [0.05, 0.1) is 0 Å². The van der Waals surface area contributed by atoms with Gasteiger partial charge in [0.1, 0.15) is 0 Å². The van der Waals surface area contributed by atoms with E-state index in [1.165, 1.54) is 0 Å². The molecule has 0 saturated carbocycles. The van der Waals surface area contributed by atoms with Crippen LogP contribution in [0.1, 0.15) is 20.8 Å². The number of hydrogen-bond acceptors (Lipinski definition) is 3. The van der Waals surface area contributed by atoms with Gasteiger partial charge in [0, 0.05) is 13.7 Å². The van der Waals surface area contributed by atoms with Gasteiger partial charge in [-0.05, 0) is 26.1 Å². The molecule has 0 aromatic rings. The molecule has 0 atom stereocenters. The average Bonchev–Trinajstić information content (AvgIpc) is 2.13. The van der Waals surface area contributed by atoms with Crippen molar-refractivity contribution in [3.63, 3.8) is 0 Å². The van der Waals surface area contributed by atoms with Crippen molar-refractivity contribution in [1.82, 2.24) is 9.80 Å². The van der Waals surface area contributed by atoms with Gasteiger partial charge >= 0.3 is 58.2 Å². The molecule has 0 radical (unpaired) electrons. The molecule has 4 heteroatoms. The van der Waals surface area contributed by atoms with E-state index in [0.717, 1.165) is 23.6 Å². The smallest absolute Gasteiger partial charge is 0.509 e. The first-order valence-corrected chi connectivity index (χ1v) is 4.53. The van der Waals surface area contributed by atoms with E-state index in [9.17, 15) is 5.11 Å². The third-order valence-corrected chi connectivity index (χ3v) is 2.51. The van der Waals surface area contributed by atoms with Crippen LogP contribution in [-0.4, -0.2) is 35.1 Å². The van der Waals surface area contributed by atoms with Crippen molar-refractivity contribution < 1.29 is 63.3 Å². The van der Waals surface area contributed by atoms with Crippen LogP contribution in [0.25, 0.3) is 0 Å². The summed E-state index contributed by atoms with van der Waals surface area (Å²) in [6.45, 7) is 7.00. The monoisotopic (exact) mass is 266 g/mol. The largest absolute Gasteiger partial charge is 1.00 e. The fourth-order valence-corrected chi connectivity index (χ4v) is 1.45. The second-order valence-electron chi connectivity index (χ2n) is 3.19. The van der Waals surface area contributed by atoms with Crippen LogP contribution in [0.3, 0.4) is 0 Å². The molecule has 0 aliphatic carbocycles. The van der Waals surface area contributed by atoms with Crippen LogP contribution in [0, 0.1) is 6.20 Å². The Hall–Kier alpha value is 0.845. The first kappa shape index (κ1) is 14.8. The molecule has 0 aromatic heterocycles. The molecule has 14 heavy (non-hydrogen) atoms. The number of likely N-dealkylation sites (N-methyl/N-ethyl adjacent to an activating group) is 1. The van der Waals surface area contributed by atoms with Crippen molar-refractivity contribution in [1.29, 1.82) is 0 Å². The van der Waals surface area contributed by atoms with Crippen molar-refractivity contribution in [2.75, 3.05) is 20.2 Å². The predicted octanol–water partition coefficient (Wildman–Crippen LogP) is -1.85. The van der Waals surface area contributed by atoms with Crippen molar-refractivity contribution in [2.24, 2.45) is 0 Å². The van der Waals surface area contributed by atoms with E-state index in [0.29, 0.717) is 0 Å². The Morgan fingerprint density at radius 2 is 1.93 bits per heavy atom. The SMILES string of the molecule is CCN1[C-]=C(C)N(C)C(C)=C1CO.[Rb+]. The number of rotatable bonds is 2. The molecule has 0 bridgehead atoms. The van der Waals surface area contributed by atoms with Crippen molar-refractivity contribution in [3.05, 3.63) is 23.3 Å². The first-order chi connectivity index (χ1) is 6.11. The molecule has 0 saturated heterocycles. The van der Waals surface area contributed by atoms with E-state index < -0.39 is 0 Å². The Kier molecular flexibility index (Phi) is 6.82. The number of allylic oxidation sites excluding steroid dienone is 2. The summed E-state index contributed by atoms with van der Waals surface area (Å²) in [5.41, 5.74) is 3.12. The van der Waals surface area contributed by atoms with Gasteiger partial charge in [-0.15, -0.1) is 0 Å². The van der Waals surface area contributed by atoms with Gasteiger partial charge in [0.15, 0.2) is 0 Å². The van der Waals surface area contributed by atoms with Crippen LogP contribution in [0.15, 0.2) is 17.1 Å². The number of hydrogen-bond donors (Lipinski definition) is 1. The van der Waals surface area contributed by atoms with E-state index in [1.807, 2.05) is 30.7 Å². The van der Waals surface area contributed by atoms with Crippen molar-refractivity contribution in [3.8, 4) is 0 Å². The topological polar surface area (TPSA) is 26.7 Å². The zero-order valence-electron chi connectivity index (χ0n) is 9.76. The van der Waals surface area contributed by atoms with Gasteiger partial charge in [-0.1, -0.05) is 18.3 Å². The molecule has 0 unspecified atom stereocenters. The van der Waals surface area contributed by atoms with Gasteiger partial charge in [-0.25, -0.2) is 0 Å². The molecule has 74 valence electrons. The van der Waals surface area contributed by atoms with E-state index >= 15 is 0 Å². The van der Waals surface area contributed by atoms with E-state index in [1.54, 1.807) is 0 Å². The molecule has 0 spiro atoms. The Balaban J connectivity index is 0.00000169. The van der Waals surface area contributed by atoms with E-state index in [-0.39, 0.29) is 64.8 Å². The fourth-order valence-electron chi connectivity index (χ4n) is 1.45. The summed E-state index contributed by atoms with van der Waals surface area (Å²) in [6, 6.07) is 0. The molecule has 1 rings (SSSR count). The minimum Gasteiger partial charge on any atom is -0.509 e. The van der Waals surface area contributed by atoms with Gasteiger partial charge in [-0.2, -0.15) is 6.20 Å². The summed E-state index contributed by atoms with van der Waals surface area (Å²) in [4.78, 5) is 4.00. The number of aliphatic hydroxyl groups is 1. The standard InChI is InChI=1S/C10H17N2O.Rb/c1-5-12-6-8(2)11(4)9(3)10(12)7-13;/h13H,5,7H2,1-4H3;/q-1;+1. The van der Waals surface area contributed by atoms with Crippen molar-refractivity contribution >= 4 is 0 Å². The van der Waals surface area contributed by atoms with Crippen LogP contribution in [0.2, 0.25) is 0 Å². The Morgan fingerprint density at radius 1 is 1.36 bits per heavy atom. The maximum absolute atomic E-state index is 9.19. The molecule has 0 amide bonds. The zero-order chi connectivity index (χ0) is 10.0. The second-order valence-corrected chi connectivity index (χ2v) is 3.19. The van der Waals surface area contributed by atoms with Gasteiger partial charge in [0.2, 0.25) is 0 Å². The molecule has 1 N–H and O–H groups in total. The Bertz CT molecular complexity index is 261. The van der Waals surface area contributed by atoms with Crippen LogP contribution in [0.5, 0.6) is 0 Å². The summed E-state index contributed by atoms with van der Waals surface area (Å²) in [6.07, 6.45) is 3.21. The van der Waals surface area contributed by atoms with Crippen LogP contribution >= 0.6 is 0 Å². The molecular formula is C10H17N2ORb. The summed E-state index contributed by atoms with van der Waals surface area (Å²) in [5, 5.41) is 9.19. The van der Waals surface area contributed by atoms with Crippen LogP contribution in [0.4, 0.5) is 0 Å². The molecule has 3 nitrogen and oxygen atoms in total. The normalized spacial score (nSPS) is 16.8. The Morgan fingerprint density at radius 3 is 2.36 bits per heavy atom. The van der Waals surface area contributed by atoms with Crippen LogP contribution < -0.4 is 58.2 Å². The average molecular weight is 267 g/mol. The van der Waals surface area contributed by atoms with Gasteiger partial charge in [0.25, 0.3) is 0 Å². The second kappa shape index (κ2) is 6.43. The summed E-state index contributed by atoms with van der Waals surface area (Å²) in [7, 11) is 1.99. The zero-order valence-corrected chi connectivity index (χ0v) is 14.7.